The predicted molar refractivity (Wildman–Crippen MR) is 40.8 cm³/mol. The third-order valence-corrected chi connectivity index (χ3v) is 1.11. The average Bonchev–Trinajstić information content (AvgIpc) is 2.69. The second-order valence-corrected chi connectivity index (χ2v) is 2.23. The van der Waals surface area contributed by atoms with E-state index < -0.39 is 18.1 Å². The third-order valence-electron chi connectivity index (χ3n) is 1.11. The minimum absolute atomic E-state index is 0.123. The number of methoxy groups -OCH3 is 1. The first-order valence-electron chi connectivity index (χ1n) is 3.67. The minimum atomic E-state index is -5.08. The lowest BCUT2D eigenvalue weighted by molar-refractivity contribution is -0.237. The number of halogens is 3. The standard InChI is InChI=1S/C5H6O4.C2HF3O2/c1-7-5(6)4-2-3-8-9-4;3-2(4,5)1(6)7/h2H,3H2,1H3;(H,6,7). The smallest absolute Gasteiger partial charge is 0.475 e. The van der Waals surface area contributed by atoms with Gasteiger partial charge in [0.15, 0.2) is 0 Å². The van der Waals surface area contributed by atoms with Crippen LogP contribution in [0, 0.1) is 0 Å². The molecular weight excluding hydrogens is 237 g/mol. The Morgan fingerprint density at radius 3 is 2.25 bits per heavy atom. The van der Waals surface area contributed by atoms with Crippen LogP contribution in [0.25, 0.3) is 0 Å². The van der Waals surface area contributed by atoms with E-state index in [0.29, 0.717) is 6.61 Å². The van der Waals surface area contributed by atoms with Gasteiger partial charge in [-0.3, -0.25) is 0 Å². The molecular formula is C7H7F3O6. The first kappa shape index (κ1) is 14.2. The number of carboxylic acids is 1. The molecule has 92 valence electrons. The molecule has 0 atom stereocenters. The number of hydrogen-bond donors (Lipinski definition) is 1. The molecule has 0 amide bonds. The van der Waals surface area contributed by atoms with E-state index in [2.05, 4.69) is 14.5 Å². The van der Waals surface area contributed by atoms with Gasteiger partial charge in [0, 0.05) is 0 Å². The van der Waals surface area contributed by atoms with Crippen molar-refractivity contribution in [2.45, 2.75) is 6.18 Å². The minimum Gasteiger partial charge on any atom is -0.475 e. The third kappa shape index (κ3) is 5.20. The molecule has 1 rings (SSSR count). The molecule has 0 aromatic carbocycles. The van der Waals surface area contributed by atoms with Crippen LogP contribution in [-0.2, 0) is 24.1 Å². The molecule has 0 radical (unpaired) electrons. The van der Waals surface area contributed by atoms with Crippen molar-refractivity contribution in [3.8, 4) is 0 Å². The Morgan fingerprint density at radius 2 is 2.00 bits per heavy atom. The molecule has 16 heavy (non-hydrogen) atoms. The number of aliphatic carboxylic acids is 1. The zero-order valence-electron chi connectivity index (χ0n) is 7.91. The van der Waals surface area contributed by atoms with Crippen molar-refractivity contribution in [2.24, 2.45) is 0 Å². The number of carbonyl (C=O) groups is 2. The average molecular weight is 244 g/mol. The Kier molecular flexibility index (Phi) is 5.30. The summed E-state index contributed by atoms with van der Waals surface area (Å²) in [5.41, 5.74) is 0. The summed E-state index contributed by atoms with van der Waals surface area (Å²) in [5.74, 6) is -3.14. The Balaban J connectivity index is 0.000000293. The predicted octanol–water partition coefficient (Wildman–Crippen LogP) is 0.638. The van der Waals surface area contributed by atoms with Gasteiger partial charge in [-0.15, -0.1) is 0 Å². The van der Waals surface area contributed by atoms with Crippen LogP contribution < -0.4 is 0 Å². The van der Waals surface area contributed by atoms with Crippen LogP contribution >= 0.6 is 0 Å². The van der Waals surface area contributed by atoms with Crippen LogP contribution in [-0.4, -0.2) is 36.9 Å². The number of esters is 1. The van der Waals surface area contributed by atoms with Gasteiger partial charge in [-0.05, 0) is 6.08 Å². The van der Waals surface area contributed by atoms with E-state index in [9.17, 15) is 18.0 Å². The van der Waals surface area contributed by atoms with Crippen LogP contribution in [0.4, 0.5) is 13.2 Å². The van der Waals surface area contributed by atoms with Gasteiger partial charge in [0.1, 0.15) is 6.61 Å². The number of alkyl halides is 3. The monoisotopic (exact) mass is 244 g/mol. The molecule has 0 saturated heterocycles. The summed E-state index contributed by atoms with van der Waals surface area (Å²) in [7, 11) is 1.28. The zero-order chi connectivity index (χ0) is 12.8. The molecule has 1 aliphatic heterocycles. The number of carboxylic acid groups (broad SMARTS) is 1. The van der Waals surface area contributed by atoms with E-state index in [1.807, 2.05) is 0 Å². The number of ether oxygens (including phenoxy) is 1. The molecule has 0 aliphatic carbocycles. The fourth-order valence-corrected chi connectivity index (χ4v) is 0.459. The van der Waals surface area contributed by atoms with Crippen molar-refractivity contribution in [2.75, 3.05) is 13.7 Å². The van der Waals surface area contributed by atoms with E-state index >= 15 is 0 Å². The maximum atomic E-state index is 10.6. The Bertz CT molecular complexity index is 295. The van der Waals surface area contributed by atoms with E-state index in [-0.39, 0.29) is 5.76 Å². The summed E-state index contributed by atoms with van der Waals surface area (Å²) < 4.78 is 36.1. The summed E-state index contributed by atoms with van der Waals surface area (Å²) in [6, 6.07) is 0. The molecule has 9 heteroatoms. The normalized spacial score (nSPS) is 14.1. The summed E-state index contributed by atoms with van der Waals surface area (Å²) in [6.45, 7) is 0.310. The first-order valence-corrected chi connectivity index (χ1v) is 3.67. The van der Waals surface area contributed by atoms with Gasteiger partial charge >= 0.3 is 18.1 Å². The van der Waals surface area contributed by atoms with Crippen molar-refractivity contribution in [3.05, 3.63) is 11.8 Å². The van der Waals surface area contributed by atoms with Gasteiger partial charge in [0.05, 0.1) is 7.11 Å². The number of carbonyl (C=O) groups excluding carboxylic acids is 1. The van der Waals surface area contributed by atoms with Crippen molar-refractivity contribution < 1.29 is 42.4 Å². The molecule has 0 aromatic heterocycles. The van der Waals surface area contributed by atoms with Gasteiger partial charge < -0.3 is 14.7 Å². The molecule has 6 nitrogen and oxygen atoms in total. The highest BCUT2D eigenvalue weighted by molar-refractivity contribution is 5.86. The highest BCUT2D eigenvalue weighted by Gasteiger charge is 2.38. The van der Waals surface area contributed by atoms with Crippen molar-refractivity contribution in [1.29, 1.82) is 0 Å². The van der Waals surface area contributed by atoms with Gasteiger partial charge in [0.2, 0.25) is 5.76 Å². The van der Waals surface area contributed by atoms with Gasteiger partial charge in [-0.2, -0.15) is 18.1 Å². The lowest BCUT2D eigenvalue weighted by Gasteiger charge is -1.95. The van der Waals surface area contributed by atoms with Crippen LogP contribution in [0.3, 0.4) is 0 Å². The Labute approximate surface area is 87.1 Å². The molecule has 1 aliphatic rings. The lowest BCUT2D eigenvalue weighted by atomic mass is 10.5. The molecule has 1 heterocycles. The largest absolute Gasteiger partial charge is 0.490 e. The summed E-state index contributed by atoms with van der Waals surface area (Å²) in [5, 5.41) is 7.12. The second-order valence-electron chi connectivity index (χ2n) is 2.23. The summed E-state index contributed by atoms with van der Waals surface area (Å²) in [4.78, 5) is 28.2. The first-order chi connectivity index (χ1) is 7.29. The van der Waals surface area contributed by atoms with Crippen molar-refractivity contribution in [3.63, 3.8) is 0 Å². The fourth-order valence-electron chi connectivity index (χ4n) is 0.459. The summed E-state index contributed by atoms with van der Waals surface area (Å²) >= 11 is 0. The summed E-state index contributed by atoms with van der Waals surface area (Å²) in [6.07, 6.45) is -3.58. The van der Waals surface area contributed by atoms with E-state index in [1.54, 1.807) is 0 Å². The van der Waals surface area contributed by atoms with Gasteiger partial charge in [0.25, 0.3) is 0 Å². The molecule has 1 N–H and O–H groups in total. The fraction of sp³-hybridized carbons (Fsp3) is 0.429. The molecule has 0 fully saturated rings. The van der Waals surface area contributed by atoms with E-state index in [4.69, 9.17) is 9.90 Å². The molecule has 0 saturated carbocycles. The van der Waals surface area contributed by atoms with Crippen LogP contribution in [0.15, 0.2) is 11.8 Å². The Hall–Kier alpha value is -1.77. The topological polar surface area (TPSA) is 82.1 Å². The number of rotatable bonds is 1. The second kappa shape index (κ2) is 5.95. The highest BCUT2D eigenvalue weighted by Crippen LogP contribution is 2.13. The lowest BCUT2D eigenvalue weighted by Crippen LogP contribution is -2.21. The van der Waals surface area contributed by atoms with Crippen LogP contribution in [0.1, 0.15) is 0 Å². The number of hydrogen-bond acceptors (Lipinski definition) is 5. The molecule has 0 unspecified atom stereocenters. The van der Waals surface area contributed by atoms with Crippen molar-refractivity contribution >= 4 is 11.9 Å². The zero-order valence-corrected chi connectivity index (χ0v) is 7.91. The van der Waals surface area contributed by atoms with Gasteiger partial charge in [-0.1, -0.05) is 0 Å². The maximum absolute atomic E-state index is 10.6. The molecule has 0 spiro atoms. The van der Waals surface area contributed by atoms with Gasteiger partial charge in [-0.25, -0.2) is 9.59 Å². The van der Waals surface area contributed by atoms with E-state index in [1.165, 1.54) is 13.2 Å². The van der Waals surface area contributed by atoms with Crippen LogP contribution in [0.2, 0.25) is 0 Å². The SMILES string of the molecule is COC(=O)C1=CCOO1.O=C(O)C(F)(F)F. The molecule has 0 bridgehead atoms. The Morgan fingerprint density at radius 1 is 1.50 bits per heavy atom. The molecule has 0 aromatic rings. The quantitative estimate of drug-likeness (QED) is 0.538. The van der Waals surface area contributed by atoms with Crippen molar-refractivity contribution in [1.82, 2.24) is 0 Å². The maximum Gasteiger partial charge on any atom is 0.490 e. The van der Waals surface area contributed by atoms with E-state index in [0.717, 1.165) is 0 Å². The van der Waals surface area contributed by atoms with Crippen LogP contribution in [0.5, 0.6) is 0 Å². The highest BCUT2D eigenvalue weighted by atomic mass is 19.4.